The standard InChI is InChI=1S/C14H15NO2S/c1-10-5-3-4-6-12(10)15(2)9-11-7-8-18-13(11)14(16)17/h3-8H,9H2,1-2H3,(H,16,17). The summed E-state index contributed by atoms with van der Waals surface area (Å²) in [4.78, 5) is 13.6. The van der Waals surface area contributed by atoms with E-state index in [4.69, 9.17) is 5.11 Å². The number of carboxylic acid groups (broad SMARTS) is 1. The number of para-hydroxylation sites is 1. The lowest BCUT2D eigenvalue weighted by atomic mass is 10.1. The summed E-state index contributed by atoms with van der Waals surface area (Å²) in [7, 11) is 1.98. The zero-order valence-electron chi connectivity index (χ0n) is 10.4. The maximum absolute atomic E-state index is 11.1. The fraction of sp³-hybridized carbons (Fsp3) is 0.214. The number of rotatable bonds is 4. The van der Waals surface area contributed by atoms with Gasteiger partial charge in [-0.2, -0.15) is 0 Å². The monoisotopic (exact) mass is 261 g/mol. The van der Waals surface area contributed by atoms with Gasteiger partial charge in [-0.1, -0.05) is 18.2 Å². The van der Waals surface area contributed by atoms with Crippen LogP contribution in [0.2, 0.25) is 0 Å². The highest BCUT2D eigenvalue weighted by atomic mass is 32.1. The second kappa shape index (κ2) is 5.23. The molecular formula is C14H15NO2S. The van der Waals surface area contributed by atoms with Gasteiger partial charge >= 0.3 is 5.97 Å². The summed E-state index contributed by atoms with van der Waals surface area (Å²) in [5.41, 5.74) is 3.17. The molecule has 0 aliphatic carbocycles. The summed E-state index contributed by atoms with van der Waals surface area (Å²) in [6.07, 6.45) is 0. The van der Waals surface area contributed by atoms with Crippen LogP contribution in [0.5, 0.6) is 0 Å². The number of anilines is 1. The molecule has 0 saturated heterocycles. The van der Waals surface area contributed by atoms with Crippen molar-refractivity contribution in [2.24, 2.45) is 0 Å². The molecule has 0 amide bonds. The lowest BCUT2D eigenvalue weighted by Crippen LogP contribution is -2.18. The first kappa shape index (κ1) is 12.6. The van der Waals surface area contributed by atoms with Crippen LogP contribution in [-0.2, 0) is 6.54 Å². The van der Waals surface area contributed by atoms with Crippen LogP contribution in [0.25, 0.3) is 0 Å². The zero-order chi connectivity index (χ0) is 13.1. The van der Waals surface area contributed by atoms with Gasteiger partial charge in [0, 0.05) is 19.3 Å². The Kier molecular flexibility index (Phi) is 3.67. The summed E-state index contributed by atoms with van der Waals surface area (Å²) in [6.45, 7) is 2.66. The van der Waals surface area contributed by atoms with Crippen LogP contribution >= 0.6 is 11.3 Å². The Balaban J connectivity index is 2.22. The molecule has 0 bridgehead atoms. The van der Waals surface area contributed by atoms with E-state index in [0.29, 0.717) is 11.4 Å². The first-order valence-electron chi connectivity index (χ1n) is 5.66. The van der Waals surface area contributed by atoms with Gasteiger partial charge in [0.2, 0.25) is 0 Å². The van der Waals surface area contributed by atoms with E-state index in [9.17, 15) is 4.79 Å². The molecule has 2 rings (SSSR count). The number of hydrogen-bond acceptors (Lipinski definition) is 3. The number of benzene rings is 1. The molecule has 0 atom stereocenters. The third-order valence-electron chi connectivity index (χ3n) is 2.88. The Bertz CT molecular complexity index is 562. The molecule has 3 nitrogen and oxygen atoms in total. The minimum Gasteiger partial charge on any atom is -0.477 e. The minimum absolute atomic E-state index is 0.426. The highest BCUT2D eigenvalue weighted by Crippen LogP contribution is 2.23. The van der Waals surface area contributed by atoms with Crippen molar-refractivity contribution in [2.75, 3.05) is 11.9 Å². The Morgan fingerprint density at radius 3 is 2.72 bits per heavy atom. The molecule has 1 N–H and O–H groups in total. The normalized spacial score (nSPS) is 10.3. The fourth-order valence-corrected chi connectivity index (χ4v) is 2.73. The summed E-state index contributed by atoms with van der Waals surface area (Å²) in [5.74, 6) is -0.849. The molecule has 0 unspecified atom stereocenters. The smallest absolute Gasteiger partial charge is 0.346 e. The van der Waals surface area contributed by atoms with Crippen LogP contribution < -0.4 is 4.90 Å². The minimum atomic E-state index is -0.849. The largest absolute Gasteiger partial charge is 0.477 e. The van der Waals surface area contributed by atoms with Crippen LogP contribution in [0.3, 0.4) is 0 Å². The number of aryl methyl sites for hydroxylation is 1. The Morgan fingerprint density at radius 2 is 2.06 bits per heavy atom. The van der Waals surface area contributed by atoms with Gasteiger partial charge in [0.25, 0.3) is 0 Å². The van der Waals surface area contributed by atoms with Gasteiger partial charge in [-0.3, -0.25) is 0 Å². The maximum Gasteiger partial charge on any atom is 0.346 e. The molecule has 1 heterocycles. The number of thiophene rings is 1. The Labute approximate surface area is 110 Å². The second-order valence-corrected chi connectivity index (χ2v) is 5.14. The molecule has 0 spiro atoms. The van der Waals surface area contributed by atoms with E-state index in [0.717, 1.165) is 11.3 Å². The average molecular weight is 261 g/mol. The predicted octanol–water partition coefficient (Wildman–Crippen LogP) is 3.39. The van der Waals surface area contributed by atoms with Crippen molar-refractivity contribution in [3.63, 3.8) is 0 Å². The van der Waals surface area contributed by atoms with Crippen molar-refractivity contribution >= 4 is 23.0 Å². The number of hydrogen-bond donors (Lipinski definition) is 1. The number of aromatic carboxylic acids is 1. The van der Waals surface area contributed by atoms with Gasteiger partial charge in [-0.25, -0.2) is 4.79 Å². The van der Waals surface area contributed by atoms with Gasteiger partial charge in [0.1, 0.15) is 4.88 Å². The van der Waals surface area contributed by atoms with Crippen LogP contribution in [-0.4, -0.2) is 18.1 Å². The Morgan fingerprint density at radius 1 is 1.33 bits per heavy atom. The predicted molar refractivity (Wildman–Crippen MR) is 74.6 cm³/mol. The lowest BCUT2D eigenvalue weighted by Gasteiger charge is -2.21. The van der Waals surface area contributed by atoms with Crippen LogP contribution in [0.15, 0.2) is 35.7 Å². The SMILES string of the molecule is Cc1ccccc1N(C)Cc1ccsc1C(=O)O. The van der Waals surface area contributed by atoms with Crippen molar-refractivity contribution in [2.45, 2.75) is 13.5 Å². The Hall–Kier alpha value is -1.81. The van der Waals surface area contributed by atoms with E-state index in [-0.39, 0.29) is 0 Å². The number of carbonyl (C=O) groups is 1. The van der Waals surface area contributed by atoms with E-state index in [1.54, 1.807) is 0 Å². The fourth-order valence-electron chi connectivity index (χ4n) is 1.98. The highest BCUT2D eigenvalue weighted by molar-refractivity contribution is 7.12. The average Bonchev–Trinajstić information content (AvgIpc) is 2.77. The lowest BCUT2D eigenvalue weighted by molar-refractivity contribution is 0.0701. The van der Waals surface area contributed by atoms with Gasteiger partial charge in [-0.15, -0.1) is 11.3 Å². The van der Waals surface area contributed by atoms with E-state index >= 15 is 0 Å². The van der Waals surface area contributed by atoms with Crippen LogP contribution in [0, 0.1) is 6.92 Å². The summed E-state index contributed by atoms with van der Waals surface area (Å²) in [6, 6.07) is 9.97. The summed E-state index contributed by atoms with van der Waals surface area (Å²) in [5, 5.41) is 10.9. The highest BCUT2D eigenvalue weighted by Gasteiger charge is 2.13. The van der Waals surface area contributed by atoms with E-state index in [1.807, 2.05) is 36.7 Å². The molecule has 0 fully saturated rings. The molecule has 0 radical (unpaired) electrons. The van der Waals surface area contributed by atoms with Gasteiger partial charge < -0.3 is 10.0 Å². The molecule has 18 heavy (non-hydrogen) atoms. The van der Waals surface area contributed by atoms with Crippen LogP contribution in [0.4, 0.5) is 5.69 Å². The number of nitrogens with zero attached hydrogens (tertiary/aromatic N) is 1. The maximum atomic E-state index is 11.1. The molecule has 0 aliphatic rings. The third-order valence-corrected chi connectivity index (χ3v) is 3.82. The van der Waals surface area contributed by atoms with Crippen molar-refractivity contribution in [1.82, 2.24) is 0 Å². The number of carboxylic acids is 1. The van der Waals surface area contributed by atoms with E-state index in [2.05, 4.69) is 17.9 Å². The molecule has 94 valence electrons. The molecule has 0 saturated carbocycles. The van der Waals surface area contributed by atoms with E-state index < -0.39 is 5.97 Å². The molecule has 4 heteroatoms. The van der Waals surface area contributed by atoms with Gasteiger partial charge in [0.05, 0.1) is 0 Å². The third kappa shape index (κ3) is 2.54. The van der Waals surface area contributed by atoms with Crippen molar-refractivity contribution in [3.05, 3.63) is 51.7 Å². The van der Waals surface area contributed by atoms with Crippen LogP contribution in [0.1, 0.15) is 20.8 Å². The molecule has 0 aliphatic heterocycles. The zero-order valence-corrected chi connectivity index (χ0v) is 11.2. The summed E-state index contributed by atoms with van der Waals surface area (Å²) >= 11 is 1.27. The molecule has 1 aromatic carbocycles. The quantitative estimate of drug-likeness (QED) is 0.917. The topological polar surface area (TPSA) is 40.5 Å². The first-order chi connectivity index (χ1) is 8.59. The van der Waals surface area contributed by atoms with Gasteiger partial charge in [-0.05, 0) is 35.6 Å². The van der Waals surface area contributed by atoms with Crippen molar-refractivity contribution in [1.29, 1.82) is 0 Å². The van der Waals surface area contributed by atoms with E-state index in [1.165, 1.54) is 16.9 Å². The van der Waals surface area contributed by atoms with Gasteiger partial charge in [0.15, 0.2) is 0 Å². The summed E-state index contributed by atoms with van der Waals surface area (Å²) < 4.78 is 0. The van der Waals surface area contributed by atoms with Crippen molar-refractivity contribution in [3.8, 4) is 0 Å². The molecular weight excluding hydrogens is 246 g/mol. The first-order valence-corrected chi connectivity index (χ1v) is 6.54. The molecule has 1 aromatic heterocycles. The van der Waals surface area contributed by atoms with Crippen molar-refractivity contribution < 1.29 is 9.90 Å². The molecule has 2 aromatic rings. The second-order valence-electron chi connectivity index (χ2n) is 4.22.